The highest BCUT2D eigenvalue weighted by Crippen LogP contribution is 2.42. The van der Waals surface area contributed by atoms with Crippen LogP contribution in [-0.4, -0.2) is 90.3 Å². The van der Waals surface area contributed by atoms with Crippen molar-refractivity contribution in [1.82, 2.24) is 14.7 Å². The Bertz CT molecular complexity index is 939. The topological polar surface area (TPSA) is 62.3 Å². The molecule has 37 heavy (non-hydrogen) atoms. The Morgan fingerprint density at radius 1 is 1.05 bits per heavy atom. The molecule has 7 heteroatoms. The first-order chi connectivity index (χ1) is 17.9. The van der Waals surface area contributed by atoms with E-state index in [1.807, 2.05) is 36.9 Å². The monoisotopic (exact) mass is 511 g/mol. The lowest BCUT2D eigenvalue weighted by Crippen LogP contribution is -2.56. The van der Waals surface area contributed by atoms with Gasteiger partial charge in [-0.3, -0.25) is 9.69 Å². The maximum absolute atomic E-state index is 13.3. The van der Waals surface area contributed by atoms with Gasteiger partial charge in [0.1, 0.15) is 5.60 Å². The largest absolute Gasteiger partial charge is 0.440 e. The third-order valence-corrected chi connectivity index (χ3v) is 9.43. The molecule has 4 fully saturated rings. The molecule has 4 aliphatic rings. The molecule has 1 aromatic rings. The van der Waals surface area contributed by atoms with Crippen LogP contribution in [0.25, 0.3) is 0 Å². The predicted octanol–water partition coefficient (Wildman–Crippen LogP) is 4.79. The summed E-state index contributed by atoms with van der Waals surface area (Å²) in [7, 11) is 0. The van der Waals surface area contributed by atoms with Gasteiger partial charge in [0.15, 0.2) is 0 Å². The summed E-state index contributed by atoms with van der Waals surface area (Å²) in [5, 5.41) is 0. The number of benzene rings is 1. The molecule has 204 valence electrons. The fourth-order valence-electron chi connectivity index (χ4n) is 7.18. The molecule has 4 heterocycles. The highest BCUT2D eigenvalue weighted by Gasteiger charge is 2.55. The number of rotatable bonds is 7. The van der Waals surface area contributed by atoms with Crippen molar-refractivity contribution >= 4 is 12.0 Å². The van der Waals surface area contributed by atoms with E-state index in [0.29, 0.717) is 12.0 Å². The zero-order valence-electron chi connectivity index (χ0n) is 23.0. The molecular weight excluding hydrogens is 466 g/mol. The van der Waals surface area contributed by atoms with E-state index in [1.54, 1.807) is 0 Å². The molecule has 0 aromatic heterocycles. The lowest BCUT2D eigenvalue weighted by atomic mass is 9.80. The van der Waals surface area contributed by atoms with E-state index in [2.05, 4.69) is 16.7 Å². The number of carbonyl (C=O) groups is 2. The number of aryl methyl sites for hydroxylation is 2. The summed E-state index contributed by atoms with van der Waals surface area (Å²) in [5.41, 5.74) is 2.65. The maximum Gasteiger partial charge on any atom is 0.410 e. The summed E-state index contributed by atoms with van der Waals surface area (Å²) in [6.07, 6.45) is 8.04. The molecule has 0 radical (unpaired) electrons. The second kappa shape index (κ2) is 11.3. The number of carbonyl (C=O) groups excluding carboxylic acids is 2. The zero-order valence-corrected chi connectivity index (χ0v) is 23.0. The van der Waals surface area contributed by atoms with Gasteiger partial charge in [-0.15, -0.1) is 0 Å². The molecule has 2 atom stereocenters. The number of amides is 2. The number of likely N-dealkylation sites (tertiary alicyclic amines) is 2. The first kappa shape index (κ1) is 26.5. The minimum Gasteiger partial charge on any atom is -0.440 e. The Labute approximate surface area is 222 Å². The molecule has 0 N–H and O–H groups in total. The Balaban J connectivity index is 1.18. The van der Waals surface area contributed by atoms with Crippen molar-refractivity contribution in [2.45, 2.75) is 89.8 Å². The van der Waals surface area contributed by atoms with Crippen LogP contribution >= 0.6 is 0 Å². The van der Waals surface area contributed by atoms with Crippen LogP contribution in [0.3, 0.4) is 0 Å². The highest BCUT2D eigenvalue weighted by molar-refractivity contribution is 5.97. The van der Waals surface area contributed by atoms with E-state index >= 15 is 0 Å². The van der Waals surface area contributed by atoms with Crippen molar-refractivity contribution in [2.24, 2.45) is 5.92 Å². The Morgan fingerprint density at radius 3 is 2.38 bits per heavy atom. The molecule has 1 spiro atoms. The minimum absolute atomic E-state index is 0.111. The first-order valence-electron chi connectivity index (χ1n) is 14.6. The lowest BCUT2D eigenvalue weighted by molar-refractivity contribution is -0.0385. The van der Waals surface area contributed by atoms with Crippen molar-refractivity contribution in [2.75, 3.05) is 45.9 Å². The molecule has 4 saturated heterocycles. The van der Waals surface area contributed by atoms with Crippen LogP contribution in [0.1, 0.15) is 79.8 Å². The average Bonchev–Trinajstić information content (AvgIpc) is 3.50. The standard InChI is InChI=1S/C30H45N3O4/c1-4-5-9-26-30(37-29(35)33(26)20-24-12-19-36-21-24)13-17-31(18-14-30)25-10-15-32(16-11-25)28(34)27-22(2)7-6-8-23(27)3/h6-8,24-26H,4-5,9-21H2,1-3H3. The summed E-state index contributed by atoms with van der Waals surface area (Å²) >= 11 is 0. The summed E-state index contributed by atoms with van der Waals surface area (Å²) in [6, 6.07) is 6.76. The maximum atomic E-state index is 13.3. The van der Waals surface area contributed by atoms with E-state index in [0.717, 1.165) is 114 Å². The fraction of sp³-hybridized carbons (Fsp3) is 0.733. The van der Waals surface area contributed by atoms with E-state index in [-0.39, 0.29) is 23.6 Å². The molecule has 2 unspecified atom stereocenters. The molecule has 5 rings (SSSR count). The lowest BCUT2D eigenvalue weighted by Gasteiger charge is -2.46. The van der Waals surface area contributed by atoms with Gasteiger partial charge in [-0.25, -0.2) is 4.79 Å². The van der Waals surface area contributed by atoms with Gasteiger partial charge in [0, 0.05) is 69.7 Å². The molecule has 0 aliphatic carbocycles. The van der Waals surface area contributed by atoms with E-state index in [9.17, 15) is 9.59 Å². The van der Waals surface area contributed by atoms with Gasteiger partial charge in [-0.2, -0.15) is 0 Å². The van der Waals surface area contributed by atoms with Crippen molar-refractivity contribution in [1.29, 1.82) is 0 Å². The Morgan fingerprint density at radius 2 is 1.76 bits per heavy atom. The predicted molar refractivity (Wildman–Crippen MR) is 144 cm³/mol. The van der Waals surface area contributed by atoms with Crippen molar-refractivity contribution in [3.8, 4) is 0 Å². The SMILES string of the molecule is CCCCC1N(CC2CCOC2)C(=O)OC12CCN(C1CCN(C(=O)c3c(C)cccc3C)CC1)CC2. The van der Waals surface area contributed by atoms with Crippen LogP contribution < -0.4 is 0 Å². The Hall–Kier alpha value is -2.12. The van der Waals surface area contributed by atoms with Gasteiger partial charge in [0.2, 0.25) is 0 Å². The molecular formula is C30H45N3O4. The van der Waals surface area contributed by atoms with E-state index in [1.165, 1.54) is 0 Å². The smallest absolute Gasteiger partial charge is 0.410 e. The molecule has 2 amide bonds. The van der Waals surface area contributed by atoms with Crippen LogP contribution in [0.4, 0.5) is 4.79 Å². The minimum atomic E-state index is -0.346. The Kier molecular flexibility index (Phi) is 8.10. The summed E-state index contributed by atoms with van der Waals surface area (Å²) in [6.45, 7) is 12.2. The van der Waals surface area contributed by atoms with Crippen LogP contribution in [0.15, 0.2) is 18.2 Å². The number of unbranched alkanes of at least 4 members (excludes halogenated alkanes) is 1. The van der Waals surface area contributed by atoms with E-state index in [4.69, 9.17) is 9.47 Å². The number of nitrogens with zero attached hydrogens (tertiary/aromatic N) is 3. The molecule has 4 aliphatic heterocycles. The van der Waals surface area contributed by atoms with Crippen molar-refractivity contribution in [3.63, 3.8) is 0 Å². The normalized spacial score (nSPS) is 26.7. The van der Waals surface area contributed by atoms with Crippen molar-refractivity contribution < 1.29 is 19.1 Å². The van der Waals surface area contributed by atoms with Gasteiger partial charge < -0.3 is 19.3 Å². The van der Waals surface area contributed by atoms with Gasteiger partial charge in [-0.1, -0.05) is 38.0 Å². The van der Waals surface area contributed by atoms with Gasteiger partial charge in [-0.05, 0) is 50.7 Å². The van der Waals surface area contributed by atoms with Gasteiger partial charge >= 0.3 is 6.09 Å². The second-order valence-corrected chi connectivity index (χ2v) is 11.8. The van der Waals surface area contributed by atoms with Gasteiger partial charge in [0.05, 0.1) is 12.6 Å². The number of ether oxygens (including phenoxy) is 2. The third kappa shape index (κ3) is 5.40. The molecule has 0 bridgehead atoms. The van der Waals surface area contributed by atoms with Crippen LogP contribution in [0.5, 0.6) is 0 Å². The average molecular weight is 512 g/mol. The third-order valence-electron chi connectivity index (χ3n) is 9.43. The van der Waals surface area contributed by atoms with Crippen LogP contribution in [0.2, 0.25) is 0 Å². The molecule has 1 aromatic carbocycles. The van der Waals surface area contributed by atoms with Crippen molar-refractivity contribution in [3.05, 3.63) is 34.9 Å². The number of piperidine rings is 2. The quantitative estimate of drug-likeness (QED) is 0.527. The number of hydrogen-bond donors (Lipinski definition) is 0. The first-order valence-corrected chi connectivity index (χ1v) is 14.6. The second-order valence-electron chi connectivity index (χ2n) is 11.8. The van der Waals surface area contributed by atoms with Crippen LogP contribution in [-0.2, 0) is 9.47 Å². The fourth-order valence-corrected chi connectivity index (χ4v) is 7.18. The van der Waals surface area contributed by atoms with E-state index < -0.39 is 0 Å². The zero-order chi connectivity index (χ0) is 26.0. The summed E-state index contributed by atoms with van der Waals surface area (Å²) in [5.74, 6) is 0.610. The molecule has 7 nitrogen and oxygen atoms in total. The van der Waals surface area contributed by atoms with Gasteiger partial charge in [0.25, 0.3) is 5.91 Å². The van der Waals surface area contributed by atoms with Crippen LogP contribution in [0, 0.1) is 19.8 Å². The summed E-state index contributed by atoms with van der Waals surface area (Å²) < 4.78 is 11.8. The number of hydrogen-bond acceptors (Lipinski definition) is 5. The highest BCUT2D eigenvalue weighted by atomic mass is 16.6. The molecule has 0 saturated carbocycles. The summed E-state index contributed by atoms with van der Waals surface area (Å²) in [4.78, 5) is 33.0.